The normalized spacial score (nSPS) is 12.0. The van der Waals surface area contributed by atoms with E-state index in [1.165, 1.54) is 22.9 Å². The van der Waals surface area contributed by atoms with Gasteiger partial charge in [0.1, 0.15) is 6.04 Å². The van der Waals surface area contributed by atoms with Gasteiger partial charge in [0.05, 0.1) is 5.75 Å². The van der Waals surface area contributed by atoms with E-state index < -0.39 is 6.04 Å². The van der Waals surface area contributed by atoms with Crippen LogP contribution in [-0.2, 0) is 21.9 Å². The maximum atomic E-state index is 13.2. The van der Waals surface area contributed by atoms with E-state index in [-0.39, 0.29) is 24.1 Å². The minimum atomic E-state index is -0.641. The highest BCUT2D eigenvalue weighted by atomic mass is 35.5. The van der Waals surface area contributed by atoms with Crippen LogP contribution in [0.5, 0.6) is 0 Å². The quantitative estimate of drug-likeness (QED) is 0.472. The summed E-state index contributed by atoms with van der Waals surface area (Å²) >= 11 is 14.2. The van der Waals surface area contributed by atoms with E-state index in [0.29, 0.717) is 28.1 Å². The van der Waals surface area contributed by atoms with E-state index >= 15 is 0 Å². The summed E-state index contributed by atoms with van der Waals surface area (Å²) in [5.41, 5.74) is 3.00. The lowest BCUT2D eigenvalue weighted by Crippen LogP contribution is -2.48. The van der Waals surface area contributed by atoms with Crippen molar-refractivity contribution in [2.45, 2.75) is 46.0 Å². The molecule has 31 heavy (non-hydrogen) atoms. The number of carbonyl (C=O) groups is 2. The molecule has 1 N–H and O–H groups in total. The van der Waals surface area contributed by atoms with Crippen molar-refractivity contribution >= 4 is 46.8 Å². The Morgan fingerprint density at radius 2 is 1.71 bits per heavy atom. The molecule has 2 amide bonds. The molecule has 0 aliphatic carbocycles. The number of hydrogen-bond donors (Lipinski definition) is 1. The average Bonchev–Trinajstić information content (AvgIpc) is 2.71. The molecule has 0 spiro atoms. The van der Waals surface area contributed by atoms with Crippen molar-refractivity contribution in [2.75, 3.05) is 12.3 Å². The summed E-state index contributed by atoms with van der Waals surface area (Å²) in [6.45, 7) is 8.58. The van der Waals surface area contributed by atoms with E-state index in [9.17, 15) is 9.59 Å². The number of carbonyl (C=O) groups excluding carboxylic acids is 2. The van der Waals surface area contributed by atoms with Gasteiger partial charge in [-0.05, 0) is 37.5 Å². The lowest BCUT2D eigenvalue weighted by Gasteiger charge is -2.29. The summed E-state index contributed by atoms with van der Waals surface area (Å²) < 4.78 is 0. The Kier molecular flexibility index (Phi) is 10.2. The van der Waals surface area contributed by atoms with Crippen LogP contribution in [0.4, 0.5) is 0 Å². The third-order valence-electron chi connectivity index (χ3n) is 4.82. The van der Waals surface area contributed by atoms with Crippen LogP contribution in [0.3, 0.4) is 0 Å². The zero-order chi connectivity index (χ0) is 23.0. The fraction of sp³-hybridized carbons (Fsp3) is 0.417. The van der Waals surface area contributed by atoms with Crippen molar-refractivity contribution in [1.82, 2.24) is 10.2 Å². The second-order valence-electron chi connectivity index (χ2n) is 8.02. The minimum Gasteiger partial charge on any atom is -0.354 e. The van der Waals surface area contributed by atoms with Gasteiger partial charge < -0.3 is 10.2 Å². The average molecular weight is 481 g/mol. The van der Waals surface area contributed by atoms with Crippen molar-refractivity contribution in [1.29, 1.82) is 0 Å². The van der Waals surface area contributed by atoms with Gasteiger partial charge in [-0.3, -0.25) is 9.59 Å². The van der Waals surface area contributed by atoms with Gasteiger partial charge in [-0.2, -0.15) is 0 Å². The maximum Gasteiger partial charge on any atom is 0.242 e. The Morgan fingerprint density at radius 1 is 1.06 bits per heavy atom. The van der Waals surface area contributed by atoms with Crippen LogP contribution in [0.1, 0.15) is 37.5 Å². The molecule has 0 aliphatic rings. The molecule has 0 radical (unpaired) electrons. The number of nitrogens with one attached hydrogen (secondary N) is 1. The molecular formula is C24H30Cl2N2O2S. The number of thioether (sulfide) groups is 1. The second kappa shape index (κ2) is 12.4. The first-order chi connectivity index (χ1) is 14.7. The van der Waals surface area contributed by atoms with Crippen molar-refractivity contribution < 1.29 is 9.59 Å². The van der Waals surface area contributed by atoms with Crippen LogP contribution in [0.25, 0.3) is 0 Å². The van der Waals surface area contributed by atoms with Gasteiger partial charge in [0.25, 0.3) is 0 Å². The van der Waals surface area contributed by atoms with Crippen molar-refractivity contribution in [2.24, 2.45) is 5.92 Å². The van der Waals surface area contributed by atoms with E-state index in [2.05, 4.69) is 11.4 Å². The predicted octanol–water partition coefficient (Wildman–Crippen LogP) is 5.72. The molecule has 0 saturated carbocycles. The van der Waals surface area contributed by atoms with Crippen molar-refractivity contribution in [3.63, 3.8) is 0 Å². The van der Waals surface area contributed by atoms with Gasteiger partial charge in [-0.25, -0.2) is 0 Å². The SMILES string of the molecule is Cc1cccc(CSCC(=O)N(Cc2c(Cl)cccc2Cl)C(C)C(=O)NCC(C)C)c1. The topological polar surface area (TPSA) is 49.4 Å². The summed E-state index contributed by atoms with van der Waals surface area (Å²) in [6.07, 6.45) is 0. The molecule has 0 heterocycles. The monoisotopic (exact) mass is 480 g/mol. The molecule has 0 saturated heterocycles. The number of amides is 2. The summed E-state index contributed by atoms with van der Waals surface area (Å²) in [6, 6.07) is 12.8. The molecule has 1 unspecified atom stereocenters. The predicted molar refractivity (Wildman–Crippen MR) is 132 cm³/mol. The molecule has 2 rings (SSSR count). The summed E-state index contributed by atoms with van der Waals surface area (Å²) in [5, 5.41) is 3.87. The summed E-state index contributed by atoms with van der Waals surface area (Å²) in [5.74, 6) is 0.998. The third kappa shape index (κ3) is 8.06. The number of hydrogen-bond acceptors (Lipinski definition) is 3. The zero-order valence-corrected chi connectivity index (χ0v) is 20.8. The molecule has 0 aromatic heterocycles. The van der Waals surface area contributed by atoms with Crippen LogP contribution < -0.4 is 5.32 Å². The molecule has 0 bridgehead atoms. The van der Waals surface area contributed by atoms with Crippen LogP contribution in [-0.4, -0.2) is 35.1 Å². The van der Waals surface area contributed by atoms with Crippen LogP contribution in [0.15, 0.2) is 42.5 Å². The summed E-state index contributed by atoms with van der Waals surface area (Å²) in [4.78, 5) is 27.4. The highest BCUT2D eigenvalue weighted by molar-refractivity contribution is 7.99. The van der Waals surface area contributed by atoms with E-state index in [0.717, 1.165) is 5.75 Å². The van der Waals surface area contributed by atoms with E-state index in [1.807, 2.05) is 39.0 Å². The first-order valence-corrected chi connectivity index (χ1v) is 12.2. The van der Waals surface area contributed by atoms with Crippen molar-refractivity contribution in [3.05, 3.63) is 69.2 Å². The molecule has 4 nitrogen and oxygen atoms in total. The maximum absolute atomic E-state index is 13.2. The zero-order valence-electron chi connectivity index (χ0n) is 18.5. The highest BCUT2D eigenvalue weighted by Gasteiger charge is 2.27. The van der Waals surface area contributed by atoms with E-state index in [1.54, 1.807) is 30.0 Å². The molecule has 0 fully saturated rings. The standard InChI is InChI=1S/C24H30Cl2N2O2S/c1-16(2)12-27-24(30)18(4)28(13-20-21(25)9-6-10-22(20)26)23(29)15-31-14-19-8-5-7-17(3)11-19/h5-11,16,18H,12-15H2,1-4H3,(H,27,30). The molecule has 0 aliphatic heterocycles. The Labute approximate surface area is 199 Å². The Balaban J connectivity index is 2.13. The summed E-state index contributed by atoms with van der Waals surface area (Å²) in [7, 11) is 0. The molecule has 2 aromatic carbocycles. The van der Waals surface area contributed by atoms with E-state index in [4.69, 9.17) is 23.2 Å². The fourth-order valence-corrected chi connectivity index (χ4v) is 4.40. The molecular weight excluding hydrogens is 451 g/mol. The molecule has 2 aromatic rings. The first-order valence-electron chi connectivity index (χ1n) is 10.3. The number of rotatable bonds is 10. The van der Waals surface area contributed by atoms with Gasteiger partial charge >= 0.3 is 0 Å². The second-order valence-corrected chi connectivity index (χ2v) is 9.82. The van der Waals surface area contributed by atoms with Crippen LogP contribution >= 0.6 is 35.0 Å². The lowest BCUT2D eigenvalue weighted by molar-refractivity contribution is -0.138. The molecule has 168 valence electrons. The highest BCUT2D eigenvalue weighted by Crippen LogP contribution is 2.27. The van der Waals surface area contributed by atoms with Gasteiger partial charge in [0.15, 0.2) is 0 Å². The van der Waals surface area contributed by atoms with Gasteiger partial charge in [0, 0.05) is 34.5 Å². The third-order valence-corrected chi connectivity index (χ3v) is 6.52. The fourth-order valence-electron chi connectivity index (χ4n) is 3.03. The lowest BCUT2D eigenvalue weighted by atomic mass is 10.1. The van der Waals surface area contributed by atoms with Gasteiger partial charge in [0.2, 0.25) is 11.8 Å². The molecule has 1 atom stereocenters. The first kappa shape index (κ1) is 25.6. The molecule has 7 heteroatoms. The van der Waals surface area contributed by atoms with Crippen molar-refractivity contribution in [3.8, 4) is 0 Å². The Bertz CT molecular complexity index is 885. The van der Waals surface area contributed by atoms with Crippen LogP contribution in [0.2, 0.25) is 10.0 Å². The van der Waals surface area contributed by atoms with Gasteiger partial charge in [-0.15, -0.1) is 11.8 Å². The van der Waals surface area contributed by atoms with Crippen LogP contribution in [0, 0.1) is 12.8 Å². The smallest absolute Gasteiger partial charge is 0.242 e. The number of benzene rings is 2. The Morgan fingerprint density at radius 3 is 2.32 bits per heavy atom. The number of halogens is 2. The van der Waals surface area contributed by atoms with Gasteiger partial charge in [-0.1, -0.05) is 72.9 Å². The number of aryl methyl sites for hydroxylation is 1. The Hall–Kier alpha value is -1.69. The largest absolute Gasteiger partial charge is 0.354 e. The number of nitrogens with zero attached hydrogens (tertiary/aromatic N) is 1. The minimum absolute atomic E-state index is 0.124.